The molecule has 3 N–H and O–H groups in total. The summed E-state index contributed by atoms with van der Waals surface area (Å²) in [5.74, 6) is 2.42. The van der Waals surface area contributed by atoms with E-state index >= 15 is 0 Å². The van der Waals surface area contributed by atoms with Gasteiger partial charge in [0.25, 0.3) is 0 Å². The summed E-state index contributed by atoms with van der Waals surface area (Å²) >= 11 is 0. The van der Waals surface area contributed by atoms with Crippen molar-refractivity contribution in [3.8, 4) is 0 Å². The fourth-order valence-corrected chi connectivity index (χ4v) is 2.21. The molecule has 0 spiro atoms. The molecule has 1 aromatic heterocycles. The molecule has 0 bridgehead atoms. The first kappa shape index (κ1) is 9.01. The minimum absolute atomic E-state index is 0.593. The number of hydrogen-bond donors (Lipinski definition) is 2. The average molecular weight is 203 g/mol. The number of rotatable bonds is 4. The van der Waals surface area contributed by atoms with Crippen molar-refractivity contribution in [2.24, 2.45) is 11.8 Å². The number of nitrogens with one attached hydrogen (secondary N) is 1. The molecule has 0 unspecified atom stereocenters. The minimum Gasteiger partial charge on any atom is -0.384 e. The predicted molar refractivity (Wildman–Crippen MR) is 61.5 cm³/mol. The van der Waals surface area contributed by atoms with Crippen LogP contribution in [0.25, 0.3) is 0 Å². The number of nitrogen functional groups attached to an aromatic ring is 1. The van der Waals surface area contributed by atoms with Gasteiger partial charge in [0.2, 0.25) is 0 Å². The van der Waals surface area contributed by atoms with Crippen LogP contribution in [0.15, 0.2) is 18.3 Å². The van der Waals surface area contributed by atoms with Crippen molar-refractivity contribution in [1.29, 1.82) is 0 Å². The van der Waals surface area contributed by atoms with Gasteiger partial charge in [0.15, 0.2) is 0 Å². The second kappa shape index (κ2) is 3.40. The van der Waals surface area contributed by atoms with Crippen LogP contribution in [0.5, 0.6) is 0 Å². The molecule has 0 amide bonds. The third-order valence-electron chi connectivity index (χ3n) is 3.38. The monoisotopic (exact) mass is 203 g/mol. The van der Waals surface area contributed by atoms with Crippen molar-refractivity contribution >= 4 is 11.5 Å². The Morgan fingerprint density at radius 2 is 1.87 bits per heavy atom. The third kappa shape index (κ3) is 2.06. The van der Waals surface area contributed by atoms with Gasteiger partial charge in [0.05, 0.1) is 11.9 Å². The van der Waals surface area contributed by atoms with E-state index in [0.717, 1.165) is 17.5 Å². The molecule has 0 atom stereocenters. The lowest BCUT2D eigenvalue weighted by Crippen LogP contribution is -2.24. The standard InChI is InChI=1S/C12H17N3/c13-11-6-5-10(7-14-11)15-12(8-1-2-8)9-3-4-9/h5-9,12,15H,1-4H2,(H2,13,14). The van der Waals surface area contributed by atoms with Crippen molar-refractivity contribution in [2.75, 3.05) is 11.1 Å². The van der Waals surface area contributed by atoms with Crippen LogP contribution >= 0.6 is 0 Å². The van der Waals surface area contributed by atoms with E-state index in [2.05, 4.69) is 10.3 Å². The Morgan fingerprint density at radius 3 is 2.33 bits per heavy atom. The topological polar surface area (TPSA) is 50.9 Å². The summed E-state index contributed by atoms with van der Waals surface area (Å²) in [7, 11) is 0. The van der Waals surface area contributed by atoms with Gasteiger partial charge in [0.1, 0.15) is 5.82 Å². The van der Waals surface area contributed by atoms with Gasteiger partial charge < -0.3 is 11.1 Å². The molecule has 2 fully saturated rings. The maximum absolute atomic E-state index is 5.56. The summed E-state index contributed by atoms with van der Waals surface area (Å²) < 4.78 is 0. The van der Waals surface area contributed by atoms with Gasteiger partial charge >= 0.3 is 0 Å². The zero-order valence-corrected chi connectivity index (χ0v) is 8.82. The maximum Gasteiger partial charge on any atom is 0.123 e. The van der Waals surface area contributed by atoms with Gasteiger partial charge in [-0.15, -0.1) is 0 Å². The Labute approximate surface area is 90.1 Å². The Kier molecular flexibility index (Phi) is 2.04. The Hall–Kier alpha value is -1.25. The molecule has 80 valence electrons. The quantitative estimate of drug-likeness (QED) is 0.789. The van der Waals surface area contributed by atoms with Gasteiger partial charge in [-0.3, -0.25) is 0 Å². The van der Waals surface area contributed by atoms with Crippen molar-refractivity contribution in [2.45, 2.75) is 31.7 Å². The van der Waals surface area contributed by atoms with Crippen LogP contribution in [0.3, 0.4) is 0 Å². The molecular weight excluding hydrogens is 186 g/mol. The molecule has 1 aromatic rings. The average Bonchev–Trinajstić information content (AvgIpc) is 3.11. The largest absolute Gasteiger partial charge is 0.384 e. The van der Waals surface area contributed by atoms with Gasteiger partial charge in [-0.1, -0.05) is 0 Å². The molecule has 2 aliphatic rings. The highest BCUT2D eigenvalue weighted by Crippen LogP contribution is 2.45. The Morgan fingerprint density at radius 1 is 1.20 bits per heavy atom. The Balaban J connectivity index is 1.69. The first-order valence-electron chi connectivity index (χ1n) is 5.81. The van der Waals surface area contributed by atoms with Gasteiger partial charge in [0, 0.05) is 6.04 Å². The molecule has 3 rings (SSSR count). The zero-order chi connectivity index (χ0) is 10.3. The van der Waals surface area contributed by atoms with E-state index in [1.165, 1.54) is 25.7 Å². The highest BCUT2D eigenvalue weighted by Gasteiger charge is 2.41. The smallest absolute Gasteiger partial charge is 0.123 e. The number of pyridine rings is 1. The molecule has 3 nitrogen and oxygen atoms in total. The van der Waals surface area contributed by atoms with Crippen LogP contribution in [0.1, 0.15) is 25.7 Å². The van der Waals surface area contributed by atoms with Crippen LogP contribution in [0, 0.1) is 11.8 Å². The van der Waals surface area contributed by atoms with Crippen LogP contribution in [0.4, 0.5) is 11.5 Å². The van der Waals surface area contributed by atoms with E-state index in [0.29, 0.717) is 11.9 Å². The molecule has 2 saturated carbocycles. The fraction of sp³-hybridized carbons (Fsp3) is 0.583. The molecule has 1 heterocycles. The molecule has 3 heteroatoms. The van der Waals surface area contributed by atoms with Crippen LogP contribution in [-0.2, 0) is 0 Å². The van der Waals surface area contributed by atoms with Crippen LogP contribution in [0.2, 0.25) is 0 Å². The number of nitrogens with zero attached hydrogens (tertiary/aromatic N) is 1. The third-order valence-corrected chi connectivity index (χ3v) is 3.38. The van der Waals surface area contributed by atoms with Crippen LogP contribution < -0.4 is 11.1 Å². The molecule has 0 aliphatic heterocycles. The second-order valence-electron chi connectivity index (χ2n) is 4.82. The van der Waals surface area contributed by atoms with Crippen molar-refractivity contribution in [3.63, 3.8) is 0 Å². The molecule has 0 radical (unpaired) electrons. The lowest BCUT2D eigenvalue weighted by molar-refractivity contribution is 0.567. The zero-order valence-electron chi connectivity index (χ0n) is 8.82. The normalized spacial score (nSPS) is 20.6. The summed E-state index contributed by atoms with van der Waals surface area (Å²) in [5.41, 5.74) is 6.68. The van der Waals surface area contributed by atoms with Gasteiger partial charge in [-0.25, -0.2) is 4.98 Å². The van der Waals surface area contributed by atoms with Crippen molar-refractivity contribution < 1.29 is 0 Å². The number of anilines is 2. The summed E-state index contributed by atoms with van der Waals surface area (Å²) in [6.07, 6.45) is 7.44. The van der Waals surface area contributed by atoms with E-state index < -0.39 is 0 Å². The predicted octanol–water partition coefficient (Wildman–Crippen LogP) is 2.26. The number of aromatic nitrogens is 1. The maximum atomic E-state index is 5.56. The van der Waals surface area contributed by atoms with Gasteiger partial charge in [-0.2, -0.15) is 0 Å². The van der Waals surface area contributed by atoms with Gasteiger partial charge in [-0.05, 0) is 49.7 Å². The lowest BCUT2D eigenvalue weighted by atomic mass is 10.1. The summed E-state index contributed by atoms with van der Waals surface area (Å²) in [6.45, 7) is 0. The molecular formula is C12H17N3. The SMILES string of the molecule is Nc1ccc(NC(C2CC2)C2CC2)cn1. The van der Waals surface area contributed by atoms with E-state index in [9.17, 15) is 0 Å². The first-order valence-corrected chi connectivity index (χ1v) is 5.81. The van der Waals surface area contributed by atoms with E-state index in [1.54, 1.807) is 0 Å². The minimum atomic E-state index is 0.593. The second-order valence-corrected chi connectivity index (χ2v) is 4.82. The molecule has 0 aromatic carbocycles. The van der Waals surface area contributed by atoms with Crippen molar-refractivity contribution in [1.82, 2.24) is 4.98 Å². The fourth-order valence-electron chi connectivity index (χ4n) is 2.21. The summed E-state index contributed by atoms with van der Waals surface area (Å²) in [6, 6.07) is 4.58. The number of nitrogens with two attached hydrogens (primary N) is 1. The van der Waals surface area contributed by atoms with Crippen LogP contribution in [-0.4, -0.2) is 11.0 Å². The lowest BCUT2D eigenvalue weighted by Gasteiger charge is -2.18. The van der Waals surface area contributed by atoms with E-state index in [1.807, 2.05) is 18.3 Å². The first-order chi connectivity index (χ1) is 7.33. The number of hydrogen-bond acceptors (Lipinski definition) is 3. The molecule has 2 aliphatic carbocycles. The Bertz CT molecular complexity index is 326. The van der Waals surface area contributed by atoms with E-state index in [-0.39, 0.29) is 0 Å². The summed E-state index contributed by atoms with van der Waals surface area (Å²) in [5, 5.41) is 3.61. The molecule has 15 heavy (non-hydrogen) atoms. The van der Waals surface area contributed by atoms with Crippen molar-refractivity contribution in [3.05, 3.63) is 18.3 Å². The van der Waals surface area contributed by atoms with E-state index in [4.69, 9.17) is 5.73 Å². The highest BCUT2D eigenvalue weighted by molar-refractivity contribution is 5.46. The highest BCUT2D eigenvalue weighted by atomic mass is 15.0. The summed E-state index contributed by atoms with van der Waals surface area (Å²) in [4.78, 5) is 4.11. The molecule has 0 saturated heterocycles.